The Morgan fingerprint density at radius 2 is 1.73 bits per heavy atom. The van der Waals surface area contributed by atoms with Crippen LogP contribution >= 0.6 is 0 Å². The Labute approximate surface area is 151 Å². The lowest BCUT2D eigenvalue weighted by atomic mass is 10.1. The van der Waals surface area contributed by atoms with Crippen LogP contribution in [0.3, 0.4) is 0 Å². The van der Waals surface area contributed by atoms with Gasteiger partial charge in [-0.3, -0.25) is 0 Å². The molecule has 2 aromatic carbocycles. The summed E-state index contributed by atoms with van der Waals surface area (Å²) in [4.78, 5) is 12.1. The van der Waals surface area contributed by atoms with Gasteiger partial charge in [0.1, 0.15) is 5.75 Å². The second kappa shape index (κ2) is 8.47. The van der Waals surface area contributed by atoms with Crippen LogP contribution in [0.25, 0.3) is 6.08 Å². The zero-order valence-electron chi connectivity index (χ0n) is 15.0. The van der Waals surface area contributed by atoms with Gasteiger partial charge in [0.2, 0.25) is 0 Å². The Morgan fingerprint density at radius 1 is 1.04 bits per heavy atom. The van der Waals surface area contributed by atoms with E-state index in [1.165, 1.54) is 37.5 Å². The molecule has 0 aliphatic heterocycles. The molecule has 0 aromatic heterocycles. The van der Waals surface area contributed by atoms with Crippen LogP contribution in [0.15, 0.2) is 36.4 Å². The minimum atomic E-state index is -2.94. The summed E-state index contributed by atoms with van der Waals surface area (Å²) in [5, 5.41) is 0. The molecule has 0 fully saturated rings. The van der Waals surface area contributed by atoms with E-state index in [2.05, 4.69) is 4.74 Å². The van der Waals surface area contributed by atoms with Crippen LogP contribution in [0.2, 0.25) is 0 Å². The normalized spacial score (nSPS) is 11.0. The van der Waals surface area contributed by atoms with Crippen molar-refractivity contribution >= 4 is 12.0 Å². The maximum Gasteiger partial charge on any atom is 0.387 e. The fourth-order valence-electron chi connectivity index (χ4n) is 2.36. The highest BCUT2D eigenvalue weighted by molar-refractivity contribution is 5.89. The molecule has 0 saturated carbocycles. The van der Waals surface area contributed by atoms with Gasteiger partial charge in [0, 0.05) is 6.08 Å². The maximum atomic E-state index is 12.3. The van der Waals surface area contributed by atoms with E-state index in [1.54, 1.807) is 0 Å². The van der Waals surface area contributed by atoms with E-state index in [4.69, 9.17) is 9.47 Å². The third kappa shape index (κ3) is 4.81. The number of esters is 1. The molecule has 0 heterocycles. The molecule has 4 nitrogen and oxygen atoms in total. The van der Waals surface area contributed by atoms with Gasteiger partial charge in [0.05, 0.1) is 7.11 Å². The maximum absolute atomic E-state index is 12.3. The van der Waals surface area contributed by atoms with Crippen molar-refractivity contribution in [3.63, 3.8) is 0 Å². The standard InChI is InChI=1S/C20H20F2O4/c1-12-5-6-13(2)19(14(12)3)26-18(23)10-8-15-7-9-16(25-20(21)22)17(11-15)24-4/h5-11,20H,1-4H3. The molecule has 2 rings (SSSR count). The van der Waals surface area contributed by atoms with Gasteiger partial charge in [-0.15, -0.1) is 0 Å². The molecule has 0 spiro atoms. The number of methoxy groups -OCH3 is 1. The van der Waals surface area contributed by atoms with Crippen LogP contribution in [-0.2, 0) is 4.79 Å². The number of ether oxygens (including phenoxy) is 3. The van der Waals surface area contributed by atoms with Gasteiger partial charge < -0.3 is 14.2 Å². The van der Waals surface area contributed by atoms with E-state index >= 15 is 0 Å². The summed E-state index contributed by atoms with van der Waals surface area (Å²) < 4.78 is 39.5. The quantitative estimate of drug-likeness (QED) is 0.419. The van der Waals surface area contributed by atoms with Gasteiger partial charge in [-0.25, -0.2) is 4.79 Å². The van der Waals surface area contributed by atoms with Crippen molar-refractivity contribution in [1.29, 1.82) is 0 Å². The van der Waals surface area contributed by atoms with Crippen molar-refractivity contribution in [3.05, 3.63) is 58.7 Å². The number of alkyl halides is 2. The predicted molar refractivity (Wildman–Crippen MR) is 94.9 cm³/mol. The molecule has 0 aliphatic carbocycles. The first kappa shape index (κ1) is 19.4. The molecule has 138 valence electrons. The van der Waals surface area contributed by atoms with Crippen molar-refractivity contribution in [2.75, 3.05) is 7.11 Å². The molecule has 0 N–H and O–H groups in total. The van der Waals surface area contributed by atoms with Crippen LogP contribution < -0.4 is 14.2 Å². The average molecular weight is 362 g/mol. The van der Waals surface area contributed by atoms with E-state index < -0.39 is 12.6 Å². The summed E-state index contributed by atoms with van der Waals surface area (Å²) in [6.45, 7) is 2.75. The van der Waals surface area contributed by atoms with Gasteiger partial charge in [-0.05, 0) is 61.2 Å². The number of benzene rings is 2. The molecular weight excluding hydrogens is 342 g/mol. The van der Waals surface area contributed by atoms with E-state index in [-0.39, 0.29) is 11.5 Å². The third-order valence-corrected chi connectivity index (χ3v) is 3.89. The SMILES string of the molecule is COc1cc(C=CC(=O)Oc2c(C)ccc(C)c2C)ccc1OC(F)F. The molecule has 0 aliphatic rings. The molecule has 0 atom stereocenters. The topological polar surface area (TPSA) is 44.8 Å². The first-order chi connectivity index (χ1) is 12.3. The van der Waals surface area contributed by atoms with Crippen LogP contribution in [0.5, 0.6) is 17.2 Å². The Balaban J connectivity index is 2.14. The van der Waals surface area contributed by atoms with E-state index in [0.717, 1.165) is 16.7 Å². The van der Waals surface area contributed by atoms with Crippen LogP contribution in [0.1, 0.15) is 22.3 Å². The Kier molecular flexibility index (Phi) is 6.33. The summed E-state index contributed by atoms with van der Waals surface area (Å²) in [6.07, 6.45) is 2.78. The van der Waals surface area contributed by atoms with Crippen molar-refractivity contribution in [2.45, 2.75) is 27.4 Å². The predicted octanol–water partition coefficient (Wildman–Crippen LogP) is 4.84. The second-order valence-corrected chi connectivity index (χ2v) is 5.70. The van der Waals surface area contributed by atoms with E-state index in [9.17, 15) is 13.6 Å². The molecule has 6 heteroatoms. The van der Waals surface area contributed by atoms with Gasteiger partial charge in [0.15, 0.2) is 11.5 Å². The average Bonchev–Trinajstić information content (AvgIpc) is 2.60. The lowest BCUT2D eigenvalue weighted by Crippen LogP contribution is -2.07. The minimum Gasteiger partial charge on any atom is -0.493 e. The van der Waals surface area contributed by atoms with Crippen molar-refractivity contribution in [3.8, 4) is 17.2 Å². The number of aryl methyl sites for hydroxylation is 2. The van der Waals surface area contributed by atoms with Crippen LogP contribution in [0, 0.1) is 20.8 Å². The lowest BCUT2D eigenvalue weighted by molar-refractivity contribution is -0.129. The molecule has 0 bridgehead atoms. The molecule has 0 unspecified atom stereocenters. The fourth-order valence-corrected chi connectivity index (χ4v) is 2.36. The monoisotopic (exact) mass is 362 g/mol. The molecular formula is C20H20F2O4. The zero-order chi connectivity index (χ0) is 19.3. The van der Waals surface area contributed by atoms with Crippen molar-refractivity contribution in [2.24, 2.45) is 0 Å². The number of carbonyl (C=O) groups is 1. The highest BCUT2D eigenvalue weighted by Gasteiger charge is 2.12. The second-order valence-electron chi connectivity index (χ2n) is 5.70. The highest BCUT2D eigenvalue weighted by atomic mass is 19.3. The van der Waals surface area contributed by atoms with Gasteiger partial charge >= 0.3 is 12.6 Å². The van der Waals surface area contributed by atoms with Gasteiger partial charge in [0.25, 0.3) is 0 Å². The molecule has 0 radical (unpaired) electrons. The fraction of sp³-hybridized carbons (Fsp3) is 0.250. The van der Waals surface area contributed by atoms with Crippen molar-refractivity contribution in [1.82, 2.24) is 0 Å². The van der Waals surface area contributed by atoms with Crippen molar-refractivity contribution < 1.29 is 27.8 Å². The first-order valence-corrected chi connectivity index (χ1v) is 7.91. The summed E-state index contributed by atoms with van der Waals surface area (Å²) in [6, 6.07) is 8.23. The summed E-state index contributed by atoms with van der Waals surface area (Å²) in [5.74, 6) is 0.0750. The Hall–Kier alpha value is -2.89. The summed E-state index contributed by atoms with van der Waals surface area (Å²) in [5.41, 5.74) is 3.38. The minimum absolute atomic E-state index is 0.0757. The van der Waals surface area contributed by atoms with Gasteiger partial charge in [-0.1, -0.05) is 18.2 Å². The molecule has 0 saturated heterocycles. The molecule has 26 heavy (non-hydrogen) atoms. The summed E-state index contributed by atoms with van der Waals surface area (Å²) >= 11 is 0. The zero-order valence-corrected chi connectivity index (χ0v) is 15.0. The van der Waals surface area contributed by atoms with Crippen LogP contribution in [-0.4, -0.2) is 19.7 Å². The Morgan fingerprint density at radius 3 is 2.38 bits per heavy atom. The highest BCUT2D eigenvalue weighted by Crippen LogP contribution is 2.30. The number of hydrogen-bond donors (Lipinski definition) is 0. The number of rotatable bonds is 6. The number of halogens is 2. The van der Waals surface area contributed by atoms with E-state index in [0.29, 0.717) is 11.3 Å². The summed E-state index contributed by atoms with van der Waals surface area (Å²) in [7, 11) is 1.35. The lowest BCUT2D eigenvalue weighted by Gasteiger charge is -2.11. The third-order valence-electron chi connectivity index (χ3n) is 3.89. The van der Waals surface area contributed by atoms with Crippen LogP contribution in [0.4, 0.5) is 8.78 Å². The van der Waals surface area contributed by atoms with Gasteiger partial charge in [-0.2, -0.15) is 8.78 Å². The van der Waals surface area contributed by atoms with E-state index in [1.807, 2.05) is 32.9 Å². The number of carbonyl (C=O) groups excluding carboxylic acids is 1. The number of hydrogen-bond acceptors (Lipinski definition) is 4. The molecule has 0 amide bonds. The first-order valence-electron chi connectivity index (χ1n) is 7.91. The Bertz CT molecular complexity index is 829. The smallest absolute Gasteiger partial charge is 0.387 e. The largest absolute Gasteiger partial charge is 0.493 e. The molecule has 2 aromatic rings.